The van der Waals surface area contributed by atoms with Crippen LogP contribution in [0.1, 0.15) is 5.56 Å². The van der Waals surface area contributed by atoms with Gasteiger partial charge in [-0.2, -0.15) is 0 Å². The van der Waals surface area contributed by atoms with Crippen LogP contribution in [-0.4, -0.2) is 20.3 Å². The number of hydrogen-bond donors (Lipinski definition) is 0. The number of ether oxygens (including phenoxy) is 2. The summed E-state index contributed by atoms with van der Waals surface area (Å²) in [5.41, 5.74) is 0.938. The zero-order valence-electron chi connectivity index (χ0n) is 10.2. The Morgan fingerprint density at radius 2 is 1.83 bits per heavy atom. The normalized spacial score (nSPS) is 27.4. The van der Waals surface area contributed by atoms with Crippen molar-refractivity contribution in [3.8, 4) is 0 Å². The largest absolute Gasteiger partial charge is 0.495 e. The summed E-state index contributed by atoms with van der Waals surface area (Å²) in [6.07, 6.45) is 3.22. The van der Waals surface area contributed by atoms with Crippen molar-refractivity contribution in [2.24, 2.45) is 0 Å². The Kier molecular flexibility index (Phi) is 4.00. The third-order valence-electron chi connectivity index (χ3n) is 2.98. The smallest absolute Gasteiger partial charge is 0.135 e. The van der Waals surface area contributed by atoms with Crippen molar-refractivity contribution in [1.29, 1.82) is 0 Å². The molecule has 1 aliphatic carbocycles. The minimum absolute atomic E-state index is 0.340. The van der Waals surface area contributed by atoms with Crippen LogP contribution in [0.3, 0.4) is 0 Å². The summed E-state index contributed by atoms with van der Waals surface area (Å²) in [6.45, 7) is 0. The van der Waals surface area contributed by atoms with Gasteiger partial charge in [0.15, 0.2) is 0 Å². The van der Waals surface area contributed by atoms with E-state index < -0.39 is 4.87 Å². The van der Waals surface area contributed by atoms with Crippen molar-refractivity contribution in [1.82, 2.24) is 0 Å². The topological polar surface area (TPSA) is 18.5 Å². The van der Waals surface area contributed by atoms with Gasteiger partial charge < -0.3 is 9.47 Å². The van der Waals surface area contributed by atoms with E-state index >= 15 is 0 Å². The maximum atomic E-state index is 6.72. The van der Waals surface area contributed by atoms with E-state index in [1.807, 2.05) is 30.3 Å². The minimum Gasteiger partial charge on any atom is -0.495 e. The average molecular weight is 285 g/mol. The van der Waals surface area contributed by atoms with Crippen molar-refractivity contribution >= 4 is 23.2 Å². The summed E-state index contributed by atoms with van der Waals surface area (Å²) in [4.78, 5) is -0.806. The number of benzene rings is 1. The van der Waals surface area contributed by atoms with Gasteiger partial charge in [0.1, 0.15) is 16.7 Å². The molecule has 18 heavy (non-hydrogen) atoms. The lowest BCUT2D eigenvalue weighted by Crippen LogP contribution is -2.35. The van der Waals surface area contributed by atoms with Crippen LogP contribution in [0.4, 0.5) is 0 Å². The number of rotatable bonds is 3. The monoisotopic (exact) mass is 284 g/mol. The maximum Gasteiger partial charge on any atom is 0.135 e. The van der Waals surface area contributed by atoms with Crippen molar-refractivity contribution in [2.75, 3.05) is 14.2 Å². The molecule has 2 atom stereocenters. The number of allylic oxidation sites excluding steroid dienone is 1. The molecule has 0 aromatic heterocycles. The van der Waals surface area contributed by atoms with E-state index in [1.165, 1.54) is 0 Å². The molecule has 0 heterocycles. The molecule has 0 saturated heterocycles. The van der Waals surface area contributed by atoms with E-state index in [1.54, 1.807) is 26.4 Å². The van der Waals surface area contributed by atoms with Gasteiger partial charge in [0.25, 0.3) is 0 Å². The zero-order chi connectivity index (χ0) is 13.2. The average Bonchev–Trinajstić information content (AvgIpc) is 2.42. The third kappa shape index (κ3) is 2.28. The first-order valence-corrected chi connectivity index (χ1v) is 6.29. The predicted molar refractivity (Wildman–Crippen MR) is 73.8 cm³/mol. The fourth-order valence-electron chi connectivity index (χ4n) is 2.02. The molecule has 0 bridgehead atoms. The maximum absolute atomic E-state index is 6.72. The van der Waals surface area contributed by atoms with Gasteiger partial charge in [-0.3, -0.25) is 0 Å². The summed E-state index contributed by atoms with van der Waals surface area (Å²) in [5.74, 6) is 0.559. The second-order valence-electron chi connectivity index (χ2n) is 4.02. The van der Waals surface area contributed by atoms with Crippen molar-refractivity contribution in [3.05, 3.63) is 58.8 Å². The Morgan fingerprint density at radius 3 is 2.39 bits per heavy atom. The molecule has 0 amide bonds. The van der Waals surface area contributed by atoms with Gasteiger partial charge in [-0.15, -0.1) is 11.6 Å². The Hall–Kier alpha value is -0.960. The number of halogens is 2. The molecule has 0 spiro atoms. The van der Waals surface area contributed by atoms with E-state index in [2.05, 4.69) is 0 Å². The van der Waals surface area contributed by atoms with E-state index in [-0.39, 0.29) is 6.10 Å². The highest BCUT2D eigenvalue weighted by Crippen LogP contribution is 2.42. The molecule has 2 unspecified atom stereocenters. The van der Waals surface area contributed by atoms with Gasteiger partial charge in [-0.25, -0.2) is 0 Å². The molecule has 0 radical (unpaired) electrons. The van der Waals surface area contributed by atoms with Gasteiger partial charge in [0, 0.05) is 7.11 Å². The Morgan fingerprint density at radius 1 is 1.17 bits per heavy atom. The second-order valence-corrected chi connectivity index (χ2v) is 5.05. The Bertz CT molecular complexity index is 482. The molecule has 0 saturated carbocycles. The molecule has 1 aliphatic rings. The molecule has 0 fully saturated rings. The van der Waals surface area contributed by atoms with E-state index in [4.69, 9.17) is 32.7 Å². The van der Waals surface area contributed by atoms with Crippen LogP contribution in [0, 0.1) is 0 Å². The lowest BCUT2D eigenvalue weighted by atomic mass is 9.88. The summed E-state index contributed by atoms with van der Waals surface area (Å²) in [5, 5.41) is 0.511. The molecule has 2 nitrogen and oxygen atoms in total. The van der Waals surface area contributed by atoms with E-state index in [0.717, 1.165) is 5.56 Å². The molecule has 2 rings (SSSR count). The lowest BCUT2D eigenvalue weighted by molar-refractivity contribution is 0.112. The fourth-order valence-corrected chi connectivity index (χ4v) is 2.64. The number of hydrogen-bond acceptors (Lipinski definition) is 2. The summed E-state index contributed by atoms with van der Waals surface area (Å²) >= 11 is 12.8. The molecule has 96 valence electrons. The first-order valence-electron chi connectivity index (χ1n) is 5.53. The molecular weight excluding hydrogens is 271 g/mol. The van der Waals surface area contributed by atoms with Gasteiger partial charge in [0.2, 0.25) is 0 Å². The van der Waals surface area contributed by atoms with Gasteiger partial charge >= 0.3 is 0 Å². The van der Waals surface area contributed by atoms with Crippen LogP contribution in [0.15, 0.2) is 53.3 Å². The predicted octanol–water partition coefficient (Wildman–Crippen LogP) is 3.80. The van der Waals surface area contributed by atoms with Crippen LogP contribution in [0.5, 0.6) is 0 Å². The van der Waals surface area contributed by atoms with E-state index in [9.17, 15) is 0 Å². The second kappa shape index (κ2) is 5.35. The lowest BCUT2D eigenvalue weighted by Gasteiger charge is -2.34. The SMILES string of the molecule is COC1=CC(Cl)(c2ccccc2)C(OC)C=C1Cl. The van der Waals surface area contributed by atoms with Gasteiger partial charge in [0.05, 0.1) is 12.1 Å². The van der Waals surface area contributed by atoms with Crippen LogP contribution in [0.25, 0.3) is 0 Å². The quantitative estimate of drug-likeness (QED) is 0.786. The van der Waals surface area contributed by atoms with Crippen LogP contribution < -0.4 is 0 Å². The highest BCUT2D eigenvalue weighted by Gasteiger charge is 2.40. The molecule has 0 N–H and O–H groups in total. The van der Waals surface area contributed by atoms with E-state index in [0.29, 0.717) is 10.8 Å². The van der Waals surface area contributed by atoms with Crippen LogP contribution in [-0.2, 0) is 14.3 Å². The molecule has 0 aliphatic heterocycles. The molecular formula is C14H14Cl2O2. The first-order chi connectivity index (χ1) is 8.61. The fraction of sp³-hybridized carbons (Fsp3) is 0.286. The summed E-state index contributed by atoms with van der Waals surface area (Å²) < 4.78 is 10.7. The number of alkyl halides is 1. The van der Waals surface area contributed by atoms with Gasteiger partial charge in [-0.1, -0.05) is 41.9 Å². The standard InChI is InChI=1S/C14H14Cl2O2/c1-17-12-9-14(16,10-6-4-3-5-7-10)13(18-2)8-11(12)15/h3-9,13H,1-2H3. The molecule has 1 aromatic rings. The zero-order valence-corrected chi connectivity index (χ0v) is 11.7. The first kappa shape index (κ1) is 13.5. The van der Waals surface area contributed by atoms with Crippen LogP contribution in [0.2, 0.25) is 0 Å². The van der Waals surface area contributed by atoms with Crippen LogP contribution >= 0.6 is 23.2 Å². The van der Waals surface area contributed by atoms with Crippen molar-refractivity contribution in [2.45, 2.75) is 11.0 Å². The van der Waals surface area contributed by atoms with Gasteiger partial charge in [-0.05, 0) is 17.7 Å². The van der Waals surface area contributed by atoms with Crippen molar-refractivity contribution < 1.29 is 9.47 Å². The molecule has 1 aromatic carbocycles. The molecule has 4 heteroatoms. The Balaban J connectivity index is 2.50. The minimum atomic E-state index is -0.806. The summed E-state index contributed by atoms with van der Waals surface area (Å²) in [7, 11) is 3.18. The Labute approximate surface area is 117 Å². The highest BCUT2D eigenvalue weighted by atomic mass is 35.5. The number of methoxy groups -OCH3 is 2. The highest BCUT2D eigenvalue weighted by molar-refractivity contribution is 6.33. The third-order valence-corrected chi connectivity index (χ3v) is 3.83. The summed E-state index contributed by atoms with van der Waals surface area (Å²) in [6, 6.07) is 9.72. The van der Waals surface area contributed by atoms with Crippen molar-refractivity contribution in [3.63, 3.8) is 0 Å².